The molecule has 7 rings (SSSR count). The quantitative estimate of drug-likeness (QED) is 0.359. The van der Waals surface area contributed by atoms with Crippen molar-refractivity contribution in [3.05, 3.63) is 53.1 Å². The van der Waals surface area contributed by atoms with Crippen molar-refractivity contribution in [3.8, 4) is 17.0 Å². The van der Waals surface area contributed by atoms with Crippen molar-refractivity contribution in [2.75, 3.05) is 52.5 Å². The molecule has 0 unspecified atom stereocenters. The van der Waals surface area contributed by atoms with Crippen LogP contribution in [-0.4, -0.2) is 84.2 Å². The number of aromatic carboxylic acids is 1. The number of hydrogen-bond acceptors (Lipinski definition) is 5. The van der Waals surface area contributed by atoms with Gasteiger partial charge < -0.3 is 19.1 Å². The zero-order valence-electron chi connectivity index (χ0n) is 24.4. The molecule has 0 spiro atoms. The number of fused-ring (bicyclic) bond motifs is 5. The van der Waals surface area contributed by atoms with Gasteiger partial charge in [-0.25, -0.2) is 9.18 Å². The summed E-state index contributed by atoms with van der Waals surface area (Å²) in [5.41, 5.74) is 5.60. The van der Waals surface area contributed by atoms with E-state index in [1.807, 2.05) is 6.07 Å². The van der Waals surface area contributed by atoms with E-state index >= 15 is 4.39 Å². The Balaban J connectivity index is 1.33. The van der Waals surface area contributed by atoms with Gasteiger partial charge in [0.05, 0.1) is 31.1 Å². The lowest BCUT2D eigenvalue weighted by molar-refractivity contribution is 0.0327. The van der Waals surface area contributed by atoms with E-state index in [-0.39, 0.29) is 11.5 Å². The van der Waals surface area contributed by atoms with E-state index in [9.17, 15) is 9.90 Å². The van der Waals surface area contributed by atoms with Gasteiger partial charge in [-0.05, 0) is 73.1 Å². The topological polar surface area (TPSA) is 67.2 Å². The second-order valence-electron chi connectivity index (χ2n) is 12.7. The molecule has 3 heterocycles. The molecule has 2 aliphatic heterocycles. The molecule has 0 amide bonds. The molecule has 2 atom stereocenters. The largest absolute Gasteiger partial charge is 0.493 e. The first-order valence-corrected chi connectivity index (χ1v) is 15.9. The third-order valence-corrected chi connectivity index (χ3v) is 9.79. The second kappa shape index (κ2) is 12.0. The summed E-state index contributed by atoms with van der Waals surface area (Å²) in [4.78, 5) is 17.0. The van der Waals surface area contributed by atoms with E-state index in [0.717, 1.165) is 118 Å². The Bertz CT molecular complexity index is 1440. The van der Waals surface area contributed by atoms with Gasteiger partial charge >= 0.3 is 5.97 Å². The predicted molar refractivity (Wildman–Crippen MR) is 161 cm³/mol. The highest BCUT2D eigenvalue weighted by Gasteiger charge is 2.34. The number of morpholine rings is 1. The SMILES string of the molecule is O=C(O)c1ccc2c([C@@H]3CCCC[C@H]3F)c3n(c2c1)CCN(CCN1CCOCC1)Cc1cc(OCC2CC2)ccc1-3. The van der Waals surface area contributed by atoms with Crippen molar-refractivity contribution in [1.29, 1.82) is 0 Å². The summed E-state index contributed by atoms with van der Waals surface area (Å²) in [6.45, 7) is 8.52. The number of alkyl halides is 1. The molecule has 42 heavy (non-hydrogen) atoms. The van der Waals surface area contributed by atoms with Crippen LogP contribution in [0.2, 0.25) is 0 Å². The van der Waals surface area contributed by atoms with Crippen molar-refractivity contribution in [1.82, 2.24) is 14.4 Å². The molecular formula is C34H42FN3O4. The minimum atomic E-state index is -0.939. The molecule has 1 saturated heterocycles. The van der Waals surface area contributed by atoms with Crippen molar-refractivity contribution in [2.24, 2.45) is 5.92 Å². The lowest BCUT2D eigenvalue weighted by Crippen LogP contribution is -2.42. The molecule has 7 nitrogen and oxygen atoms in total. The number of benzene rings is 2. The third kappa shape index (κ3) is 5.69. The van der Waals surface area contributed by atoms with Gasteiger partial charge in [-0.15, -0.1) is 0 Å². The van der Waals surface area contributed by atoms with E-state index in [4.69, 9.17) is 9.47 Å². The minimum Gasteiger partial charge on any atom is -0.493 e. The van der Waals surface area contributed by atoms with Crippen LogP contribution in [0.3, 0.4) is 0 Å². The van der Waals surface area contributed by atoms with E-state index in [1.54, 1.807) is 12.1 Å². The Morgan fingerprint density at radius 1 is 0.952 bits per heavy atom. The maximum absolute atomic E-state index is 15.7. The highest BCUT2D eigenvalue weighted by molar-refractivity contribution is 5.98. The number of carboxylic acids is 1. The summed E-state index contributed by atoms with van der Waals surface area (Å²) in [5, 5.41) is 10.9. The van der Waals surface area contributed by atoms with Crippen LogP contribution in [0.15, 0.2) is 36.4 Å². The zero-order chi connectivity index (χ0) is 28.6. The number of carboxylic acid groups (broad SMARTS) is 1. The standard InChI is InChI=1S/C34H42FN3O4/c35-30-4-2-1-3-28(30)32-29-9-7-24(34(39)40)20-31(29)38-14-13-37(12-11-36-15-17-41-18-16-36)21-25-19-26(42-22-23-5-6-23)8-10-27(25)33(32)38/h7-10,19-20,23,28,30H,1-6,11-18,21-22H2,(H,39,40)/t28-,30-/m1/s1. The normalized spacial score (nSPS) is 23.6. The van der Waals surface area contributed by atoms with Crippen molar-refractivity contribution < 1.29 is 23.8 Å². The van der Waals surface area contributed by atoms with Crippen LogP contribution in [0, 0.1) is 5.92 Å². The molecule has 2 saturated carbocycles. The van der Waals surface area contributed by atoms with E-state index in [1.165, 1.54) is 18.4 Å². The van der Waals surface area contributed by atoms with Crippen molar-refractivity contribution >= 4 is 16.9 Å². The van der Waals surface area contributed by atoms with Crippen LogP contribution in [0.5, 0.6) is 5.75 Å². The molecule has 3 aromatic rings. The molecule has 0 radical (unpaired) electrons. The molecule has 1 N–H and O–H groups in total. The Kier molecular flexibility index (Phi) is 7.95. The van der Waals surface area contributed by atoms with Crippen LogP contribution < -0.4 is 4.74 Å². The molecule has 0 bridgehead atoms. The number of rotatable bonds is 8. The molecule has 4 aliphatic rings. The van der Waals surface area contributed by atoms with Crippen LogP contribution in [-0.2, 0) is 17.8 Å². The fourth-order valence-corrected chi connectivity index (χ4v) is 7.20. The number of carbonyl (C=O) groups is 1. The van der Waals surface area contributed by atoms with Crippen LogP contribution >= 0.6 is 0 Å². The first kappa shape index (κ1) is 27.9. The summed E-state index contributed by atoms with van der Waals surface area (Å²) in [5.74, 6) is 0.435. The van der Waals surface area contributed by atoms with Gasteiger partial charge in [0.2, 0.25) is 0 Å². The smallest absolute Gasteiger partial charge is 0.335 e. The number of hydrogen-bond donors (Lipinski definition) is 1. The minimum absolute atomic E-state index is 0.191. The molecule has 2 aromatic carbocycles. The summed E-state index contributed by atoms with van der Waals surface area (Å²) < 4.78 is 29.8. The molecule has 8 heteroatoms. The maximum atomic E-state index is 15.7. The predicted octanol–water partition coefficient (Wildman–Crippen LogP) is 5.94. The average molecular weight is 576 g/mol. The number of ether oxygens (including phenoxy) is 2. The van der Waals surface area contributed by atoms with Gasteiger partial charge in [0.15, 0.2) is 0 Å². The van der Waals surface area contributed by atoms with E-state index in [2.05, 4.69) is 32.6 Å². The highest BCUT2D eigenvalue weighted by Crippen LogP contribution is 2.47. The summed E-state index contributed by atoms with van der Waals surface area (Å²) in [6, 6.07) is 11.9. The molecule has 224 valence electrons. The van der Waals surface area contributed by atoms with Gasteiger partial charge in [-0.1, -0.05) is 18.9 Å². The summed E-state index contributed by atoms with van der Waals surface area (Å²) in [7, 11) is 0. The maximum Gasteiger partial charge on any atom is 0.335 e. The Morgan fingerprint density at radius 3 is 2.55 bits per heavy atom. The Labute approximate surface area is 247 Å². The van der Waals surface area contributed by atoms with Crippen molar-refractivity contribution in [3.63, 3.8) is 0 Å². The fourth-order valence-electron chi connectivity index (χ4n) is 7.20. The Morgan fingerprint density at radius 2 is 1.76 bits per heavy atom. The molecule has 3 fully saturated rings. The van der Waals surface area contributed by atoms with Crippen molar-refractivity contribution in [2.45, 2.75) is 63.7 Å². The average Bonchev–Trinajstić information content (AvgIpc) is 3.78. The number of aromatic nitrogens is 1. The number of nitrogens with zero attached hydrogens (tertiary/aromatic N) is 3. The first-order chi connectivity index (χ1) is 20.5. The van der Waals surface area contributed by atoms with Crippen LogP contribution in [0.1, 0.15) is 65.9 Å². The van der Waals surface area contributed by atoms with Crippen LogP contribution in [0.25, 0.3) is 22.2 Å². The fraction of sp³-hybridized carbons (Fsp3) is 0.559. The van der Waals surface area contributed by atoms with Crippen LogP contribution in [0.4, 0.5) is 4.39 Å². The number of halogens is 1. The lowest BCUT2D eigenvalue weighted by atomic mass is 9.80. The third-order valence-electron chi connectivity index (χ3n) is 9.79. The molecule has 1 aromatic heterocycles. The second-order valence-corrected chi connectivity index (χ2v) is 12.7. The van der Waals surface area contributed by atoms with Gasteiger partial charge in [-0.2, -0.15) is 0 Å². The van der Waals surface area contributed by atoms with Gasteiger partial charge in [0, 0.05) is 68.2 Å². The zero-order valence-corrected chi connectivity index (χ0v) is 24.4. The summed E-state index contributed by atoms with van der Waals surface area (Å²) in [6.07, 6.45) is 4.93. The monoisotopic (exact) mass is 575 g/mol. The van der Waals surface area contributed by atoms with Gasteiger partial charge in [0.1, 0.15) is 11.9 Å². The van der Waals surface area contributed by atoms with E-state index < -0.39 is 12.1 Å². The van der Waals surface area contributed by atoms with Gasteiger partial charge in [-0.3, -0.25) is 9.80 Å². The highest BCUT2D eigenvalue weighted by atomic mass is 19.1. The van der Waals surface area contributed by atoms with E-state index in [0.29, 0.717) is 12.3 Å². The molecular weight excluding hydrogens is 533 g/mol. The summed E-state index contributed by atoms with van der Waals surface area (Å²) >= 11 is 0. The lowest BCUT2D eigenvalue weighted by Gasteiger charge is -2.33. The first-order valence-electron chi connectivity index (χ1n) is 15.9. The Hall–Kier alpha value is -2.94. The van der Waals surface area contributed by atoms with Gasteiger partial charge in [0.25, 0.3) is 0 Å². The molecule has 2 aliphatic carbocycles.